The Morgan fingerprint density at radius 3 is 0.902 bits per heavy atom. The van der Waals surface area contributed by atoms with Crippen molar-refractivity contribution in [2.75, 3.05) is 19.8 Å². The number of halogens is 23. The summed E-state index contributed by atoms with van der Waals surface area (Å²) < 4.78 is 307. The van der Waals surface area contributed by atoms with E-state index in [1.807, 2.05) is 0 Å². The lowest BCUT2D eigenvalue weighted by Crippen LogP contribution is -2.77. The summed E-state index contributed by atoms with van der Waals surface area (Å²) in [4.78, 5) is 0. The van der Waals surface area contributed by atoms with Crippen molar-refractivity contribution >= 4 is 0 Å². The molecule has 0 aliphatic heterocycles. The van der Waals surface area contributed by atoms with Crippen LogP contribution >= 0.6 is 0 Å². The third kappa shape index (κ3) is 5.32. The zero-order valence-corrected chi connectivity index (χ0v) is 18.2. The molecule has 0 amide bonds. The molecule has 0 bridgehead atoms. The van der Waals surface area contributed by atoms with Gasteiger partial charge in [0.15, 0.2) is 0 Å². The zero-order chi connectivity index (χ0) is 33.9. The lowest BCUT2D eigenvalue weighted by molar-refractivity contribution is -0.479. The van der Waals surface area contributed by atoms with Crippen LogP contribution in [0.2, 0.25) is 0 Å². The predicted octanol–water partition coefficient (Wildman–Crippen LogP) is 6.27. The van der Waals surface area contributed by atoms with Gasteiger partial charge in [0.25, 0.3) is 0 Å². The third-order valence-electron chi connectivity index (χ3n) is 4.77. The monoisotopic (exact) mass is 674 g/mol. The van der Waals surface area contributed by atoms with Gasteiger partial charge in [0.1, 0.15) is 12.7 Å². The maximum absolute atomic E-state index is 13.6. The minimum Gasteiger partial charge on any atom is -0.394 e. The van der Waals surface area contributed by atoms with Crippen LogP contribution in [0.4, 0.5) is 101 Å². The van der Waals surface area contributed by atoms with Crippen molar-refractivity contribution in [3.8, 4) is 0 Å². The molecule has 0 aromatic rings. The Bertz CT molecular complexity index is 906. The fourth-order valence-electron chi connectivity index (χ4n) is 2.25. The largest absolute Gasteiger partial charge is 0.460 e. The molecule has 0 aromatic carbocycles. The number of alkyl halides is 23. The Kier molecular flexibility index (Phi) is 10.0. The Hall–Kier alpha value is -1.73. The molecule has 0 aliphatic rings. The fourth-order valence-corrected chi connectivity index (χ4v) is 2.25. The molecule has 41 heavy (non-hydrogen) atoms. The molecule has 0 rings (SSSR count). The van der Waals surface area contributed by atoms with Crippen molar-refractivity contribution in [3.63, 3.8) is 0 Å². The standard InChI is InChI=1S/C15H9F23O3/c16-5(17,3-41-2-4(40)1-39)6(18,19)7(20,21)8(22,23)9(24,25)10(26,27)11(28,29)12(30,31)13(32,33)14(34,35)15(36,37)38/h4,39-40H,1-3H2. The van der Waals surface area contributed by atoms with Gasteiger partial charge in [0.2, 0.25) is 0 Å². The fraction of sp³-hybridized carbons (Fsp3) is 1.00. The van der Waals surface area contributed by atoms with Gasteiger partial charge in [-0.1, -0.05) is 0 Å². The van der Waals surface area contributed by atoms with Crippen LogP contribution in [-0.2, 0) is 4.74 Å². The summed E-state index contributed by atoms with van der Waals surface area (Å²) in [6.45, 7) is -6.57. The molecule has 1 unspecified atom stereocenters. The van der Waals surface area contributed by atoms with Crippen LogP contribution in [0.25, 0.3) is 0 Å². The van der Waals surface area contributed by atoms with Gasteiger partial charge in [0.05, 0.1) is 13.2 Å². The van der Waals surface area contributed by atoms with Crippen molar-refractivity contribution < 1.29 is 116 Å². The molecule has 248 valence electrons. The van der Waals surface area contributed by atoms with Crippen LogP contribution in [0.3, 0.4) is 0 Å². The number of aliphatic hydroxyl groups excluding tert-OH is 2. The average molecular weight is 674 g/mol. The smallest absolute Gasteiger partial charge is 0.394 e. The quantitative estimate of drug-likeness (QED) is 0.214. The van der Waals surface area contributed by atoms with E-state index in [-0.39, 0.29) is 0 Å². The second kappa shape index (κ2) is 10.5. The van der Waals surface area contributed by atoms with Crippen LogP contribution < -0.4 is 0 Å². The molecule has 0 fully saturated rings. The van der Waals surface area contributed by atoms with E-state index in [1.165, 1.54) is 0 Å². The number of hydrogen-bond donors (Lipinski definition) is 2. The van der Waals surface area contributed by atoms with Gasteiger partial charge in [-0.15, -0.1) is 0 Å². The summed E-state index contributed by atoms with van der Waals surface area (Å²) in [6.07, 6.45) is -10.4. The summed E-state index contributed by atoms with van der Waals surface area (Å²) in [5.41, 5.74) is 0. The first-order chi connectivity index (χ1) is 17.5. The van der Waals surface area contributed by atoms with Gasteiger partial charge in [-0.25, -0.2) is 0 Å². The first kappa shape index (κ1) is 39.3. The SMILES string of the molecule is OCC(O)COCC(F)(F)C(F)(F)C(F)(F)C(F)(F)C(F)(F)C(F)(F)C(F)(F)C(F)(F)C(F)(F)C(F)(F)C(F)(F)F. The Morgan fingerprint density at radius 2 is 0.659 bits per heavy atom. The van der Waals surface area contributed by atoms with Crippen LogP contribution in [0.1, 0.15) is 0 Å². The number of hydrogen-bond acceptors (Lipinski definition) is 3. The molecule has 0 spiro atoms. The molecule has 3 nitrogen and oxygen atoms in total. The molecule has 2 N–H and O–H groups in total. The van der Waals surface area contributed by atoms with Crippen molar-refractivity contribution in [1.29, 1.82) is 0 Å². The Balaban J connectivity index is 6.96. The highest BCUT2D eigenvalue weighted by atomic mass is 19.4. The Morgan fingerprint density at radius 1 is 0.415 bits per heavy atom. The van der Waals surface area contributed by atoms with Gasteiger partial charge in [-0.05, 0) is 0 Å². The third-order valence-corrected chi connectivity index (χ3v) is 4.77. The van der Waals surface area contributed by atoms with E-state index in [0.29, 0.717) is 0 Å². The van der Waals surface area contributed by atoms with Gasteiger partial charge in [-0.3, -0.25) is 0 Å². The first-order valence-corrected chi connectivity index (χ1v) is 9.17. The van der Waals surface area contributed by atoms with Crippen LogP contribution in [0.5, 0.6) is 0 Å². The molecular weight excluding hydrogens is 665 g/mol. The molecular formula is C15H9F23O3. The zero-order valence-electron chi connectivity index (χ0n) is 18.2. The number of rotatable bonds is 14. The second-order valence-corrected chi connectivity index (χ2v) is 7.72. The molecule has 0 radical (unpaired) electrons. The van der Waals surface area contributed by atoms with E-state index in [1.54, 1.807) is 0 Å². The van der Waals surface area contributed by atoms with Gasteiger partial charge in [0, 0.05) is 0 Å². The van der Waals surface area contributed by atoms with E-state index >= 15 is 0 Å². The molecule has 0 saturated carbocycles. The van der Waals surface area contributed by atoms with Gasteiger partial charge in [-0.2, -0.15) is 101 Å². The van der Waals surface area contributed by atoms with Crippen LogP contribution in [0, 0.1) is 0 Å². The van der Waals surface area contributed by atoms with E-state index in [2.05, 4.69) is 4.74 Å². The normalized spacial score (nSPS) is 17.2. The van der Waals surface area contributed by atoms with Crippen molar-refractivity contribution in [2.45, 2.75) is 71.5 Å². The molecule has 0 aliphatic carbocycles. The van der Waals surface area contributed by atoms with Crippen molar-refractivity contribution in [1.82, 2.24) is 0 Å². The maximum Gasteiger partial charge on any atom is 0.460 e. The highest BCUT2D eigenvalue weighted by Gasteiger charge is 2.98. The number of ether oxygens (including phenoxy) is 1. The first-order valence-electron chi connectivity index (χ1n) is 9.17. The summed E-state index contributed by atoms with van der Waals surface area (Å²) in [6, 6.07) is 0. The highest BCUT2D eigenvalue weighted by Crippen LogP contribution is 2.67. The Labute approximate surface area is 208 Å². The van der Waals surface area contributed by atoms with Gasteiger partial charge < -0.3 is 14.9 Å². The van der Waals surface area contributed by atoms with E-state index in [4.69, 9.17) is 10.2 Å². The van der Waals surface area contributed by atoms with E-state index in [0.717, 1.165) is 0 Å². The lowest BCUT2D eigenvalue weighted by Gasteiger charge is -2.45. The summed E-state index contributed by atoms with van der Waals surface area (Å²) >= 11 is 0. The topological polar surface area (TPSA) is 49.7 Å². The predicted molar refractivity (Wildman–Crippen MR) is 79.4 cm³/mol. The van der Waals surface area contributed by atoms with Crippen molar-refractivity contribution in [3.05, 3.63) is 0 Å². The van der Waals surface area contributed by atoms with E-state index in [9.17, 15) is 101 Å². The molecule has 1 atom stereocenters. The average Bonchev–Trinajstić information content (AvgIpc) is 2.76. The van der Waals surface area contributed by atoms with Crippen LogP contribution in [-0.4, -0.2) is 102 Å². The summed E-state index contributed by atoms with van der Waals surface area (Å²) in [5.74, 6) is -88.3. The molecule has 0 saturated heterocycles. The summed E-state index contributed by atoms with van der Waals surface area (Å²) in [7, 11) is 0. The van der Waals surface area contributed by atoms with Gasteiger partial charge >= 0.3 is 65.4 Å². The summed E-state index contributed by atoms with van der Waals surface area (Å²) in [5, 5.41) is 17.0. The maximum atomic E-state index is 13.6. The van der Waals surface area contributed by atoms with Crippen molar-refractivity contribution in [2.24, 2.45) is 0 Å². The number of aliphatic hydroxyl groups is 2. The highest BCUT2D eigenvalue weighted by molar-refractivity contribution is 5.18. The minimum atomic E-state index is -9.45. The van der Waals surface area contributed by atoms with E-state index < -0.39 is 91.3 Å². The van der Waals surface area contributed by atoms with Crippen LogP contribution in [0.15, 0.2) is 0 Å². The second-order valence-electron chi connectivity index (χ2n) is 7.72. The minimum absolute atomic E-state index is 1.45. The molecule has 0 aromatic heterocycles. The molecule has 0 heterocycles. The lowest BCUT2D eigenvalue weighted by atomic mass is 9.85. The molecule has 26 heteroatoms.